The Kier molecular flexibility index (Phi) is 3.62. The molecular formula is C14H7Br2NO2S. The average molecular weight is 413 g/mol. The second-order valence-corrected chi connectivity index (χ2v) is 7.03. The average Bonchev–Trinajstić information content (AvgIpc) is 2.80. The maximum atomic E-state index is 11.0. The fraction of sp³-hybridized carbons (Fsp3) is 0. The van der Waals surface area contributed by atoms with Gasteiger partial charge in [-0.3, -0.25) is 0 Å². The lowest BCUT2D eigenvalue weighted by atomic mass is 10.2. The molecule has 1 heterocycles. The molecule has 0 fully saturated rings. The Balaban J connectivity index is 2.15. The van der Waals surface area contributed by atoms with Gasteiger partial charge in [0.05, 0.1) is 15.8 Å². The van der Waals surface area contributed by atoms with E-state index in [9.17, 15) is 4.79 Å². The maximum Gasteiger partial charge on any atom is 0.335 e. The van der Waals surface area contributed by atoms with Crippen molar-refractivity contribution in [1.29, 1.82) is 0 Å². The Morgan fingerprint density at radius 1 is 1.10 bits per heavy atom. The van der Waals surface area contributed by atoms with Crippen LogP contribution in [0.5, 0.6) is 0 Å². The lowest BCUT2D eigenvalue weighted by Crippen LogP contribution is -1.94. The van der Waals surface area contributed by atoms with Gasteiger partial charge in [-0.1, -0.05) is 31.9 Å². The van der Waals surface area contributed by atoms with Gasteiger partial charge in [-0.25, -0.2) is 9.78 Å². The third-order valence-corrected chi connectivity index (χ3v) is 4.73. The number of carboxylic acids is 1. The van der Waals surface area contributed by atoms with Crippen LogP contribution in [0.25, 0.3) is 20.8 Å². The van der Waals surface area contributed by atoms with E-state index in [0.29, 0.717) is 0 Å². The van der Waals surface area contributed by atoms with Gasteiger partial charge in [0.2, 0.25) is 0 Å². The van der Waals surface area contributed by atoms with Gasteiger partial charge in [-0.05, 0) is 36.4 Å². The van der Waals surface area contributed by atoms with Crippen molar-refractivity contribution in [2.24, 2.45) is 0 Å². The smallest absolute Gasteiger partial charge is 0.335 e. The second-order valence-electron chi connectivity index (χ2n) is 4.16. The molecular weight excluding hydrogens is 406 g/mol. The topological polar surface area (TPSA) is 50.2 Å². The minimum absolute atomic E-state index is 0.281. The fourth-order valence-corrected chi connectivity index (χ4v) is 4.14. The predicted molar refractivity (Wildman–Crippen MR) is 87.4 cm³/mol. The quantitative estimate of drug-likeness (QED) is 0.630. The molecule has 0 atom stereocenters. The van der Waals surface area contributed by atoms with Crippen LogP contribution in [0.2, 0.25) is 0 Å². The molecule has 0 spiro atoms. The summed E-state index contributed by atoms with van der Waals surface area (Å²) in [6.45, 7) is 0. The predicted octanol–water partition coefficient (Wildman–Crippen LogP) is 5.19. The van der Waals surface area contributed by atoms with Crippen molar-refractivity contribution >= 4 is 59.4 Å². The maximum absolute atomic E-state index is 11.0. The van der Waals surface area contributed by atoms with Gasteiger partial charge in [0.15, 0.2) is 0 Å². The molecule has 2 aromatic carbocycles. The number of hydrogen-bond acceptors (Lipinski definition) is 3. The molecule has 20 heavy (non-hydrogen) atoms. The van der Waals surface area contributed by atoms with Gasteiger partial charge >= 0.3 is 5.97 Å². The molecule has 0 saturated carbocycles. The van der Waals surface area contributed by atoms with E-state index in [1.807, 2.05) is 18.2 Å². The Hall–Kier alpha value is -1.24. The van der Waals surface area contributed by atoms with Crippen LogP contribution >= 0.6 is 43.2 Å². The molecule has 0 amide bonds. The van der Waals surface area contributed by atoms with E-state index in [1.165, 1.54) is 11.3 Å². The molecule has 3 aromatic rings. The lowest BCUT2D eigenvalue weighted by molar-refractivity contribution is 0.0697. The summed E-state index contributed by atoms with van der Waals surface area (Å²) in [6.07, 6.45) is 0. The number of rotatable bonds is 2. The molecule has 0 aliphatic heterocycles. The normalized spacial score (nSPS) is 10.9. The molecule has 1 N–H and O–H groups in total. The van der Waals surface area contributed by atoms with Crippen LogP contribution in [0.4, 0.5) is 0 Å². The second kappa shape index (κ2) is 5.27. The van der Waals surface area contributed by atoms with Crippen LogP contribution in [-0.2, 0) is 0 Å². The first kappa shape index (κ1) is 13.7. The summed E-state index contributed by atoms with van der Waals surface area (Å²) >= 11 is 8.39. The summed E-state index contributed by atoms with van der Waals surface area (Å²) in [4.78, 5) is 15.5. The summed E-state index contributed by atoms with van der Waals surface area (Å²) in [5.74, 6) is -0.924. The minimum atomic E-state index is -0.924. The molecule has 3 rings (SSSR count). The van der Waals surface area contributed by atoms with E-state index in [0.717, 1.165) is 29.7 Å². The number of halogens is 2. The van der Waals surface area contributed by atoms with Gasteiger partial charge in [-0.2, -0.15) is 0 Å². The van der Waals surface area contributed by atoms with Crippen molar-refractivity contribution in [3.8, 4) is 10.6 Å². The standard InChI is InChI=1S/C14H7Br2NO2S/c15-9-3-8(4-10(16)6-9)13-17-11-2-1-7(14(18)19)5-12(11)20-13/h1-6H,(H,18,19). The van der Waals surface area contributed by atoms with E-state index >= 15 is 0 Å². The van der Waals surface area contributed by atoms with Crippen LogP contribution in [0.1, 0.15) is 10.4 Å². The third kappa shape index (κ3) is 2.63. The number of benzene rings is 2. The highest BCUT2D eigenvalue weighted by Gasteiger charge is 2.10. The van der Waals surface area contributed by atoms with Crippen molar-refractivity contribution in [3.63, 3.8) is 0 Å². The van der Waals surface area contributed by atoms with Crippen molar-refractivity contribution in [2.75, 3.05) is 0 Å². The van der Waals surface area contributed by atoms with Crippen molar-refractivity contribution in [1.82, 2.24) is 4.98 Å². The zero-order valence-corrected chi connectivity index (χ0v) is 13.9. The molecule has 0 unspecified atom stereocenters. The van der Waals surface area contributed by atoms with E-state index in [4.69, 9.17) is 5.11 Å². The molecule has 0 radical (unpaired) electrons. The lowest BCUT2D eigenvalue weighted by Gasteiger charge is -1.98. The first-order valence-corrected chi connectivity index (χ1v) is 8.03. The van der Waals surface area contributed by atoms with E-state index in [1.54, 1.807) is 18.2 Å². The number of fused-ring (bicyclic) bond motifs is 1. The number of aromatic nitrogens is 1. The number of hydrogen-bond donors (Lipinski definition) is 1. The van der Waals surface area contributed by atoms with Crippen LogP contribution < -0.4 is 0 Å². The highest BCUT2D eigenvalue weighted by Crippen LogP contribution is 2.33. The summed E-state index contributed by atoms with van der Waals surface area (Å²) in [7, 11) is 0. The van der Waals surface area contributed by atoms with Crippen LogP contribution in [0, 0.1) is 0 Å². The molecule has 0 aliphatic carbocycles. The SMILES string of the molecule is O=C(O)c1ccc2nc(-c3cc(Br)cc(Br)c3)sc2c1. The Bertz CT molecular complexity index is 809. The number of carboxylic acid groups (broad SMARTS) is 1. The zero-order chi connectivity index (χ0) is 14.3. The third-order valence-electron chi connectivity index (χ3n) is 2.74. The fourth-order valence-electron chi connectivity index (χ4n) is 1.86. The number of carbonyl (C=O) groups is 1. The zero-order valence-electron chi connectivity index (χ0n) is 9.93. The van der Waals surface area contributed by atoms with Gasteiger partial charge in [0.25, 0.3) is 0 Å². The van der Waals surface area contributed by atoms with Gasteiger partial charge in [-0.15, -0.1) is 11.3 Å². The van der Waals surface area contributed by atoms with Crippen LogP contribution in [-0.4, -0.2) is 16.1 Å². The van der Waals surface area contributed by atoms with Crippen LogP contribution in [0.15, 0.2) is 45.3 Å². The first-order valence-electron chi connectivity index (χ1n) is 5.63. The molecule has 0 bridgehead atoms. The Morgan fingerprint density at radius 2 is 1.80 bits per heavy atom. The minimum Gasteiger partial charge on any atom is -0.478 e. The molecule has 1 aromatic heterocycles. The molecule has 6 heteroatoms. The van der Waals surface area contributed by atoms with E-state index < -0.39 is 5.97 Å². The largest absolute Gasteiger partial charge is 0.478 e. The number of aromatic carboxylic acids is 1. The molecule has 0 saturated heterocycles. The van der Waals surface area contributed by atoms with E-state index in [2.05, 4.69) is 36.8 Å². The molecule has 3 nitrogen and oxygen atoms in total. The highest BCUT2D eigenvalue weighted by atomic mass is 79.9. The Morgan fingerprint density at radius 3 is 2.45 bits per heavy atom. The number of thiazole rings is 1. The Labute approximate surface area is 135 Å². The monoisotopic (exact) mass is 411 g/mol. The van der Waals surface area contributed by atoms with Crippen molar-refractivity contribution in [3.05, 3.63) is 50.9 Å². The summed E-state index contributed by atoms with van der Waals surface area (Å²) in [5.41, 5.74) is 2.08. The summed E-state index contributed by atoms with van der Waals surface area (Å²) in [5, 5.41) is 9.88. The summed E-state index contributed by atoms with van der Waals surface area (Å²) in [6, 6.07) is 10.9. The summed E-state index contributed by atoms with van der Waals surface area (Å²) < 4.78 is 2.80. The number of nitrogens with zero attached hydrogens (tertiary/aromatic N) is 1. The van der Waals surface area contributed by atoms with Gasteiger partial charge < -0.3 is 5.11 Å². The van der Waals surface area contributed by atoms with Crippen molar-refractivity contribution < 1.29 is 9.90 Å². The van der Waals surface area contributed by atoms with Crippen LogP contribution in [0.3, 0.4) is 0 Å². The van der Waals surface area contributed by atoms with Gasteiger partial charge in [0.1, 0.15) is 5.01 Å². The molecule has 100 valence electrons. The van der Waals surface area contributed by atoms with E-state index in [-0.39, 0.29) is 5.56 Å². The molecule has 0 aliphatic rings. The first-order chi connectivity index (χ1) is 9.52. The van der Waals surface area contributed by atoms with Gasteiger partial charge in [0, 0.05) is 14.5 Å². The highest BCUT2D eigenvalue weighted by molar-refractivity contribution is 9.11. The van der Waals surface area contributed by atoms with Crippen molar-refractivity contribution in [2.45, 2.75) is 0 Å².